The molecule has 0 aliphatic rings. The van der Waals surface area contributed by atoms with Gasteiger partial charge in [-0.2, -0.15) is 0 Å². The van der Waals surface area contributed by atoms with Gasteiger partial charge in [0.15, 0.2) is 0 Å². The Kier molecular flexibility index (Phi) is 2.73. The van der Waals surface area contributed by atoms with Crippen molar-refractivity contribution < 1.29 is 0 Å². The Morgan fingerprint density at radius 1 is 1.31 bits per heavy atom. The molecule has 0 amide bonds. The molecule has 0 unspecified atom stereocenters. The van der Waals surface area contributed by atoms with E-state index in [2.05, 4.69) is 30.6 Å². The van der Waals surface area contributed by atoms with Gasteiger partial charge in [0.1, 0.15) is 5.82 Å². The van der Waals surface area contributed by atoms with Crippen molar-refractivity contribution in [1.29, 1.82) is 0 Å². The molecular formula is C14H14N2. The smallest absolute Gasteiger partial charge is 0.130 e. The number of nitrogen functional groups attached to an aromatic ring is 1. The highest BCUT2D eigenvalue weighted by Crippen LogP contribution is 2.25. The molecule has 1 heterocycles. The zero-order chi connectivity index (χ0) is 11.5. The maximum atomic E-state index is 5.73. The first-order valence-corrected chi connectivity index (χ1v) is 5.16. The van der Waals surface area contributed by atoms with E-state index < -0.39 is 0 Å². The second-order valence-corrected chi connectivity index (χ2v) is 3.72. The van der Waals surface area contributed by atoms with Crippen molar-refractivity contribution in [3.05, 3.63) is 54.2 Å². The van der Waals surface area contributed by atoms with Crippen LogP contribution in [0.5, 0.6) is 0 Å². The first kappa shape index (κ1) is 10.4. The van der Waals surface area contributed by atoms with Gasteiger partial charge in [0.2, 0.25) is 0 Å². The molecule has 1 aromatic heterocycles. The van der Waals surface area contributed by atoms with E-state index in [1.54, 1.807) is 12.3 Å². The molecule has 0 spiro atoms. The van der Waals surface area contributed by atoms with E-state index in [1.165, 1.54) is 11.1 Å². The molecule has 1 aromatic carbocycles. The number of nitrogens with zero attached hydrogens (tertiary/aromatic N) is 1. The van der Waals surface area contributed by atoms with Gasteiger partial charge < -0.3 is 5.73 Å². The monoisotopic (exact) mass is 210 g/mol. The number of hydrogen-bond acceptors (Lipinski definition) is 2. The summed E-state index contributed by atoms with van der Waals surface area (Å²) in [5.41, 5.74) is 10.1. The standard InChI is InChI=1S/C14H14N2/c1-3-11-8-12(9-16-14(11)15)13-7-5-4-6-10(13)2/h3-9H,1H2,2H3,(H2,15,16). The summed E-state index contributed by atoms with van der Waals surface area (Å²) in [5, 5.41) is 0. The number of pyridine rings is 1. The summed E-state index contributed by atoms with van der Waals surface area (Å²) in [6.45, 7) is 5.81. The summed E-state index contributed by atoms with van der Waals surface area (Å²) in [7, 11) is 0. The van der Waals surface area contributed by atoms with Crippen LogP contribution in [0.15, 0.2) is 43.1 Å². The highest BCUT2D eigenvalue weighted by molar-refractivity contribution is 5.72. The van der Waals surface area contributed by atoms with Crippen LogP contribution in [0.1, 0.15) is 11.1 Å². The Labute approximate surface area is 95.5 Å². The number of nitrogens with two attached hydrogens (primary N) is 1. The van der Waals surface area contributed by atoms with Gasteiger partial charge in [-0.05, 0) is 24.1 Å². The van der Waals surface area contributed by atoms with Crippen molar-refractivity contribution in [3.63, 3.8) is 0 Å². The molecule has 0 aliphatic heterocycles. The second-order valence-electron chi connectivity index (χ2n) is 3.72. The predicted octanol–water partition coefficient (Wildman–Crippen LogP) is 3.28. The zero-order valence-electron chi connectivity index (χ0n) is 9.27. The summed E-state index contributed by atoms with van der Waals surface area (Å²) in [6.07, 6.45) is 3.52. The van der Waals surface area contributed by atoms with Gasteiger partial charge in [-0.3, -0.25) is 0 Å². The Hall–Kier alpha value is -2.09. The Balaban J connectivity index is 2.57. The lowest BCUT2D eigenvalue weighted by molar-refractivity contribution is 1.32. The number of hydrogen-bond donors (Lipinski definition) is 1. The summed E-state index contributed by atoms with van der Waals surface area (Å²) in [6, 6.07) is 10.2. The van der Waals surface area contributed by atoms with E-state index in [0.29, 0.717) is 5.82 Å². The Bertz CT molecular complexity index is 530. The molecule has 0 aliphatic carbocycles. The highest BCUT2D eigenvalue weighted by Gasteiger charge is 2.03. The Morgan fingerprint density at radius 2 is 2.06 bits per heavy atom. The highest BCUT2D eigenvalue weighted by atomic mass is 14.8. The molecule has 2 nitrogen and oxygen atoms in total. The molecule has 0 saturated heterocycles. The van der Waals surface area contributed by atoms with Crippen molar-refractivity contribution in [3.8, 4) is 11.1 Å². The SMILES string of the molecule is C=Cc1cc(-c2ccccc2C)cnc1N. The molecular weight excluding hydrogens is 196 g/mol. The van der Waals surface area contributed by atoms with Gasteiger partial charge in [-0.1, -0.05) is 36.9 Å². The van der Waals surface area contributed by atoms with Crippen molar-refractivity contribution >= 4 is 11.9 Å². The van der Waals surface area contributed by atoms with Gasteiger partial charge in [0.25, 0.3) is 0 Å². The predicted molar refractivity (Wildman–Crippen MR) is 68.9 cm³/mol. The summed E-state index contributed by atoms with van der Waals surface area (Å²) >= 11 is 0. The molecule has 2 N–H and O–H groups in total. The van der Waals surface area contributed by atoms with Crippen LogP contribution in [-0.2, 0) is 0 Å². The molecule has 2 heteroatoms. The third-order valence-corrected chi connectivity index (χ3v) is 2.63. The quantitative estimate of drug-likeness (QED) is 0.826. The minimum Gasteiger partial charge on any atom is -0.383 e. The third-order valence-electron chi connectivity index (χ3n) is 2.63. The summed E-state index contributed by atoms with van der Waals surface area (Å²) < 4.78 is 0. The first-order valence-electron chi connectivity index (χ1n) is 5.16. The van der Waals surface area contributed by atoms with Gasteiger partial charge in [0, 0.05) is 17.3 Å². The maximum Gasteiger partial charge on any atom is 0.130 e. The van der Waals surface area contributed by atoms with Crippen molar-refractivity contribution in [1.82, 2.24) is 4.98 Å². The summed E-state index contributed by atoms with van der Waals surface area (Å²) in [4.78, 5) is 4.17. The van der Waals surface area contributed by atoms with Crippen LogP contribution in [0, 0.1) is 6.92 Å². The lowest BCUT2D eigenvalue weighted by Gasteiger charge is -2.07. The Morgan fingerprint density at radius 3 is 2.75 bits per heavy atom. The van der Waals surface area contributed by atoms with E-state index >= 15 is 0 Å². The fourth-order valence-electron chi connectivity index (χ4n) is 1.70. The van der Waals surface area contributed by atoms with Crippen LogP contribution in [0.4, 0.5) is 5.82 Å². The molecule has 2 aromatic rings. The fourth-order valence-corrected chi connectivity index (χ4v) is 1.70. The second kappa shape index (κ2) is 4.19. The molecule has 0 saturated carbocycles. The minimum absolute atomic E-state index is 0.521. The lowest BCUT2D eigenvalue weighted by atomic mass is 10.0. The zero-order valence-corrected chi connectivity index (χ0v) is 9.27. The van der Waals surface area contributed by atoms with Crippen LogP contribution >= 0.6 is 0 Å². The molecule has 0 bridgehead atoms. The van der Waals surface area contributed by atoms with E-state index in [1.807, 2.05) is 18.2 Å². The van der Waals surface area contributed by atoms with Crippen LogP contribution in [-0.4, -0.2) is 4.98 Å². The number of benzene rings is 1. The van der Waals surface area contributed by atoms with Crippen LogP contribution in [0.2, 0.25) is 0 Å². The average molecular weight is 210 g/mol. The maximum absolute atomic E-state index is 5.73. The number of anilines is 1. The van der Waals surface area contributed by atoms with Crippen molar-refractivity contribution in [2.45, 2.75) is 6.92 Å². The van der Waals surface area contributed by atoms with Gasteiger partial charge >= 0.3 is 0 Å². The van der Waals surface area contributed by atoms with E-state index in [-0.39, 0.29) is 0 Å². The average Bonchev–Trinajstić information content (AvgIpc) is 2.31. The largest absolute Gasteiger partial charge is 0.383 e. The van der Waals surface area contributed by atoms with Gasteiger partial charge in [-0.15, -0.1) is 0 Å². The van der Waals surface area contributed by atoms with E-state index in [4.69, 9.17) is 5.73 Å². The van der Waals surface area contributed by atoms with Crippen molar-refractivity contribution in [2.24, 2.45) is 0 Å². The minimum atomic E-state index is 0.521. The molecule has 80 valence electrons. The van der Waals surface area contributed by atoms with Crippen molar-refractivity contribution in [2.75, 3.05) is 5.73 Å². The number of aryl methyl sites for hydroxylation is 1. The first-order chi connectivity index (χ1) is 7.72. The van der Waals surface area contributed by atoms with Gasteiger partial charge in [-0.25, -0.2) is 4.98 Å². The molecule has 16 heavy (non-hydrogen) atoms. The molecule has 0 fully saturated rings. The van der Waals surface area contributed by atoms with E-state index in [0.717, 1.165) is 11.1 Å². The van der Waals surface area contributed by atoms with Crippen LogP contribution in [0.25, 0.3) is 17.2 Å². The normalized spacial score (nSPS) is 10.1. The molecule has 2 rings (SSSR count). The molecule has 0 radical (unpaired) electrons. The lowest BCUT2D eigenvalue weighted by Crippen LogP contribution is -1.94. The van der Waals surface area contributed by atoms with E-state index in [9.17, 15) is 0 Å². The van der Waals surface area contributed by atoms with Crippen LogP contribution in [0.3, 0.4) is 0 Å². The van der Waals surface area contributed by atoms with Crippen LogP contribution < -0.4 is 5.73 Å². The number of rotatable bonds is 2. The topological polar surface area (TPSA) is 38.9 Å². The summed E-state index contributed by atoms with van der Waals surface area (Å²) in [5.74, 6) is 0.521. The third kappa shape index (κ3) is 1.82. The fraction of sp³-hybridized carbons (Fsp3) is 0.0714. The number of aromatic nitrogens is 1. The molecule has 0 atom stereocenters. The van der Waals surface area contributed by atoms with Gasteiger partial charge in [0.05, 0.1) is 0 Å².